The lowest BCUT2D eigenvalue weighted by Gasteiger charge is -2.41. The molecule has 1 N–H and O–H groups in total. The highest BCUT2D eigenvalue weighted by Crippen LogP contribution is 2.35. The Morgan fingerprint density at radius 1 is 1.03 bits per heavy atom. The first-order chi connectivity index (χ1) is 13.9. The van der Waals surface area contributed by atoms with Crippen molar-refractivity contribution in [3.63, 3.8) is 0 Å². The molecule has 1 aromatic rings. The molecule has 160 valence electrons. The minimum absolute atomic E-state index is 0.189. The first-order valence-electron chi connectivity index (χ1n) is 10.8. The highest BCUT2D eigenvalue weighted by Gasteiger charge is 2.36. The molecule has 1 saturated carbocycles. The number of hydrogen-bond donors (Lipinski definition) is 1. The van der Waals surface area contributed by atoms with E-state index in [1.807, 2.05) is 4.90 Å². The molecule has 2 aliphatic heterocycles. The van der Waals surface area contributed by atoms with Gasteiger partial charge in [-0.2, -0.15) is 4.31 Å². The summed E-state index contributed by atoms with van der Waals surface area (Å²) >= 11 is 0. The summed E-state index contributed by atoms with van der Waals surface area (Å²) in [7, 11) is -3.83. The number of nitrogens with one attached hydrogen (secondary N) is 1. The van der Waals surface area contributed by atoms with Crippen molar-refractivity contribution in [2.45, 2.75) is 37.0 Å². The van der Waals surface area contributed by atoms with E-state index in [-0.39, 0.29) is 10.8 Å². The molecule has 0 unspecified atom stereocenters. The second-order valence-corrected chi connectivity index (χ2v) is 10.6. The van der Waals surface area contributed by atoms with Crippen LogP contribution in [0.15, 0.2) is 29.2 Å². The maximum atomic E-state index is 14.0. The Morgan fingerprint density at radius 2 is 1.72 bits per heavy atom. The monoisotopic (exact) mass is 424 g/mol. The number of nitrogens with zero attached hydrogens (tertiary/aromatic N) is 2. The van der Waals surface area contributed by atoms with Gasteiger partial charge in [0.05, 0.1) is 26.2 Å². The number of benzene rings is 1. The smallest absolute Gasteiger partial charge is 0.277 e. The van der Waals surface area contributed by atoms with Crippen LogP contribution in [-0.2, 0) is 14.8 Å². The molecule has 0 bridgehead atoms. The van der Waals surface area contributed by atoms with E-state index in [2.05, 4.69) is 0 Å². The summed E-state index contributed by atoms with van der Waals surface area (Å²) in [6.45, 7) is 3.93. The van der Waals surface area contributed by atoms with Gasteiger partial charge in [0.2, 0.25) is 10.0 Å². The van der Waals surface area contributed by atoms with Gasteiger partial charge in [0.25, 0.3) is 5.91 Å². The second-order valence-electron chi connectivity index (χ2n) is 8.69. The Hall–Kier alpha value is -1.51. The van der Waals surface area contributed by atoms with Gasteiger partial charge >= 0.3 is 0 Å². The van der Waals surface area contributed by atoms with Crippen molar-refractivity contribution in [3.05, 3.63) is 30.1 Å². The molecule has 0 spiro atoms. The molecule has 3 fully saturated rings. The lowest BCUT2D eigenvalue weighted by molar-refractivity contribution is -0.896. The number of piperazine rings is 1. The molecule has 3 aliphatic rings. The van der Waals surface area contributed by atoms with Crippen LogP contribution in [0.5, 0.6) is 0 Å². The van der Waals surface area contributed by atoms with E-state index in [1.54, 1.807) is 0 Å². The van der Waals surface area contributed by atoms with E-state index < -0.39 is 15.8 Å². The lowest BCUT2D eigenvalue weighted by Crippen LogP contribution is -3.15. The number of amides is 1. The SMILES string of the molecule is O=C(C[NH+]1CCN(S(=O)(=O)c2ccccc2F)CC1)N1CC[C@H]2CCCC[C@@H]2C1. The molecule has 1 amide bonds. The summed E-state index contributed by atoms with van der Waals surface area (Å²) in [5.74, 6) is 0.935. The van der Waals surface area contributed by atoms with Gasteiger partial charge in [0.15, 0.2) is 6.54 Å². The number of fused-ring (bicyclic) bond motifs is 1. The number of halogens is 1. The highest BCUT2D eigenvalue weighted by molar-refractivity contribution is 7.89. The summed E-state index contributed by atoms with van der Waals surface area (Å²) in [5.41, 5.74) is 0. The number of carbonyl (C=O) groups is 1. The number of sulfonamides is 1. The van der Waals surface area contributed by atoms with Crippen molar-refractivity contribution >= 4 is 15.9 Å². The molecule has 0 radical (unpaired) electrons. The summed E-state index contributed by atoms with van der Waals surface area (Å²) in [4.78, 5) is 15.7. The van der Waals surface area contributed by atoms with E-state index in [9.17, 15) is 17.6 Å². The van der Waals surface area contributed by atoms with Crippen LogP contribution in [0.1, 0.15) is 32.1 Å². The molecular weight excluding hydrogens is 393 g/mol. The third kappa shape index (κ3) is 4.49. The predicted molar refractivity (Wildman–Crippen MR) is 107 cm³/mol. The van der Waals surface area contributed by atoms with Crippen LogP contribution < -0.4 is 4.90 Å². The Kier molecular flexibility index (Phi) is 6.22. The van der Waals surface area contributed by atoms with Crippen LogP contribution in [0.2, 0.25) is 0 Å². The molecule has 2 saturated heterocycles. The standard InChI is InChI=1S/C21H30FN3O3S/c22-19-7-3-4-8-20(19)29(27,28)25-13-11-23(12-14-25)16-21(26)24-10-9-17-5-1-2-6-18(17)15-24/h3-4,7-8,17-18H,1-2,5-6,9-16H2/p+1/t17-,18-/m1/s1. The van der Waals surface area contributed by atoms with Crippen molar-refractivity contribution in [2.24, 2.45) is 11.8 Å². The molecule has 0 aromatic heterocycles. The molecular formula is C21H31FN3O3S+. The van der Waals surface area contributed by atoms with E-state index >= 15 is 0 Å². The zero-order valence-electron chi connectivity index (χ0n) is 16.9. The van der Waals surface area contributed by atoms with Gasteiger partial charge in [-0.15, -0.1) is 0 Å². The number of hydrogen-bond acceptors (Lipinski definition) is 3. The Bertz CT molecular complexity index is 839. The van der Waals surface area contributed by atoms with Crippen LogP contribution in [-0.4, -0.2) is 69.3 Å². The molecule has 1 aliphatic carbocycles. The van der Waals surface area contributed by atoms with Crippen molar-refractivity contribution in [3.8, 4) is 0 Å². The summed E-state index contributed by atoms with van der Waals surface area (Å²) in [6, 6.07) is 5.49. The average Bonchev–Trinajstić information content (AvgIpc) is 2.74. The quantitative estimate of drug-likeness (QED) is 0.776. The minimum Gasteiger partial charge on any atom is -0.338 e. The van der Waals surface area contributed by atoms with Crippen molar-refractivity contribution in [1.29, 1.82) is 0 Å². The van der Waals surface area contributed by atoms with Crippen LogP contribution in [0.4, 0.5) is 4.39 Å². The van der Waals surface area contributed by atoms with Crippen LogP contribution in [0.25, 0.3) is 0 Å². The largest absolute Gasteiger partial charge is 0.338 e. The zero-order chi connectivity index (χ0) is 20.4. The summed E-state index contributed by atoms with van der Waals surface area (Å²) in [5, 5.41) is 0. The van der Waals surface area contributed by atoms with Crippen molar-refractivity contribution in [1.82, 2.24) is 9.21 Å². The first-order valence-corrected chi connectivity index (χ1v) is 12.2. The van der Waals surface area contributed by atoms with Gasteiger partial charge in [-0.1, -0.05) is 31.4 Å². The zero-order valence-corrected chi connectivity index (χ0v) is 17.7. The van der Waals surface area contributed by atoms with Crippen LogP contribution in [0.3, 0.4) is 0 Å². The fraction of sp³-hybridized carbons (Fsp3) is 0.667. The molecule has 4 rings (SSSR count). The normalized spacial score (nSPS) is 26.9. The third-order valence-corrected chi connectivity index (χ3v) is 8.86. The number of likely N-dealkylation sites (tertiary alicyclic amines) is 1. The van der Waals surface area contributed by atoms with Gasteiger partial charge in [-0.25, -0.2) is 12.8 Å². The minimum atomic E-state index is -3.83. The molecule has 8 heteroatoms. The second kappa shape index (κ2) is 8.70. The van der Waals surface area contributed by atoms with E-state index in [0.717, 1.165) is 30.3 Å². The fourth-order valence-electron chi connectivity index (χ4n) is 5.17. The molecule has 1 aromatic carbocycles. The molecule has 2 heterocycles. The van der Waals surface area contributed by atoms with Gasteiger partial charge in [-0.3, -0.25) is 4.79 Å². The van der Waals surface area contributed by atoms with Crippen LogP contribution >= 0.6 is 0 Å². The number of piperidine rings is 1. The summed E-state index contributed by atoms with van der Waals surface area (Å²) < 4.78 is 40.7. The van der Waals surface area contributed by atoms with Gasteiger partial charge in [-0.05, 0) is 36.8 Å². The maximum Gasteiger partial charge on any atom is 0.277 e. The van der Waals surface area contributed by atoms with Gasteiger partial charge in [0, 0.05) is 13.1 Å². The molecule has 6 nitrogen and oxygen atoms in total. The number of quaternary nitrogens is 1. The maximum absolute atomic E-state index is 14.0. The third-order valence-electron chi connectivity index (χ3n) is 6.93. The lowest BCUT2D eigenvalue weighted by atomic mass is 9.75. The summed E-state index contributed by atoms with van der Waals surface area (Å²) in [6.07, 6.45) is 6.30. The fourth-order valence-corrected chi connectivity index (χ4v) is 6.67. The number of carbonyl (C=O) groups excluding carboxylic acids is 1. The molecule has 2 atom stereocenters. The Labute approximate surface area is 172 Å². The van der Waals surface area contributed by atoms with Crippen LogP contribution in [0, 0.1) is 17.7 Å². The van der Waals surface area contributed by atoms with Gasteiger partial charge < -0.3 is 9.80 Å². The van der Waals surface area contributed by atoms with E-state index in [4.69, 9.17) is 0 Å². The Morgan fingerprint density at radius 3 is 2.45 bits per heavy atom. The van der Waals surface area contributed by atoms with Crippen molar-refractivity contribution < 1.29 is 22.5 Å². The Balaban J connectivity index is 1.30. The average molecular weight is 425 g/mol. The first kappa shape index (κ1) is 20.8. The number of rotatable bonds is 4. The van der Waals surface area contributed by atoms with E-state index in [1.165, 1.54) is 54.3 Å². The van der Waals surface area contributed by atoms with Crippen molar-refractivity contribution in [2.75, 3.05) is 45.8 Å². The molecule has 29 heavy (non-hydrogen) atoms. The van der Waals surface area contributed by atoms with Gasteiger partial charge in [0.1, 0.15) is 10.7 Å². The highest BCUT2D eigenvalue weighted by atomic mass is 32.2. The topological polar surface area (TPSA) is 62.1 Å². The van der Waals surface area contributed by atoms with E-state index in [0.29, 0.717) is 38.6 Å². The predicted octanol–water partition coefficient (Wildman–Crippen LogP) is 0.754.